The van der Waals surface area contributed by atoms with E-state index in [1.54, 1.807) is 0 Å². The van der Waals surface area contributed by atoms with E-state index < -0.39 is 15.6 Å². The van der Waals surface area contributed by atoms with Gasteiger partial charge in [0.1, 0.15) is 0 Å². The molecule has 0 aliphatic heterocycles. The summed E-state index contributed by atoms with van der Waals surface area (Å²) in [6.45, 7) is -0.0806. The maximum atomic E-state index is 11.1. The molecule has 0 spiro atoms. The molecule has 1 aliphatic carbocycles. The Hall–Kier alpha value is -0.0000000000000000555. The molecule has 0 fully saturated rings. The Bertz CT molecular complexity index is 361. The van der Waals surface area contributed by atoms with Crippen LogP contribution < -0.4 is 0 Å². The van der Waals surface area contributed by atoms with Crippen LogP contribution in [-0.2, 0) is 18.0 Å². The van der Waals surface area contributed by atoms with E-state index in [2.05, 4.69) is 8.83 Å². The van der Waals surface area contributed by atoms with Crippen molar-refractivity contribution in [3.8, 4) is 0 Å². The minimum atomic E-state index is -5.01. The van der Waals surface area contributed by atoms with Crippen molar-refractivity contribution >= 4 is 15.6 Å². The number of rotatable bonds is 6. The molecule has 0 bridgehead atoms. The van der Waals surface area contributed by atoms with Crippen LogP contribution in [-0.4, -0.2) is 21.3 Å². The van der Waals surface area contributed by atoms with Crippen molar-refractivity contribution in [1.29, 1.82) is 0 Å². The fraction of sp³-hybridized carbons (Fsp3) is 0.750. The Balaban J connectivity index is 2.29. The molecule has 0 radical (unpaired) electrons. The molecule has 0 saturated heterocycles. The number of phosphoric acid groups is 2. The maximum Gasteiger partial charge on any atom is 0.481 e. The fourth-order valence-electron chi connectivity index (χ4n) is 1.60. The van der Waals surface area contributed by atoms with Crippen LogP contribution in [0.3, 0.4) is 0 Å². The topological polar surface area (TPSA) is 113 Å². The third-order valence-electron chi connectivity index (χ3n) is 2.31. The average Bonchev–Trinajstić information content (AvgIpc) is 2.15. The van der Waals surface area contributed by atoms with Gasteiger partial charge < -0.3 is 14.7 Å². The monoisotopic (exact) mass is 286 g/mol. The number of phosphoric ester groups is 1. The summed E-state index contributed by atoms with van der Waals surface area (Å²) in [6.07, 6.45) is 7.66. The molecular formula is C8H16O7P2. The number of hydrogen-bond acceptors (Lipinski definition) is 4. The molecule has 100 valence electrons. The van der Waals surface area contributed by atoms with Crippen LogP contribution in [0.1, 0.15) is 25.7 Å². The fourth-order valence-corrected chi connectivity index (χ4v) is 3.20. The van der Waals surface area contributed by atoms with Gasteiger partial charge in [0.05, 0.1) is 6.61 Å². The van der Waals surface area contributed by atoms with Gasteiger partial charge in [-0.25, -0.2) is 9.13 Å². The standard InChI is InChI=1S/C8H16O7P2/c9-16(10,11)15-17(12,13)14-7-6-8-4-2-1-3-5-8/h2,4,8H,1,3,5-7H2,(H,12,13)(H2,9,10,11). The second-order valence-corrected chi connectivity index (χ2v) is 6.61. The van der Waals surface area contributed by atoms with Crippen LogP contribution in [0.2, 0.25) is 0 Å². The Kier molecular flexibility index (Phi) is 5.54. The zero-order valence-electron chi connectivity index (χ0n) is 9.14. The normalized spacial score (nSPS) is 24.5. The van der Waals surface area contributed by atoms with Gasteiger partial charge in [-0.1, -0.05) is 12.2 Å². The van der Waals surface area contributed by atoms with E-state index in [1.807, 2.05) is 12.2 Å². The summed E-state index contributed by atoms with van der Waals surface area (Å²) in [5.74, 6) is 0.277. The van der Waals surface area contributed by atoms with Crippen molar-refractivity contribution in [1.82, 2.24) is 0 Å². The van der Waals surface area contributed by atoms with Crippen LogP contribution in [0.5, 0.6) is 0 Å². The highest BCUT2D eigenvalue weighted by molar-refractivity contribution is 7.60. The SMILES string of the molecule is O=P(O)(O)OP(=O)(O)OCCC1C=CCCC1. The van der Waals surface area contributed by atoms with E-state index in [-0.39, 0.29) is 12.5 Å². The first-order valence-corrected chi connectivity index (χ1v) is 8.22. The smallest absolute Gasteiger partial charge is 0.302 e. The maximum absolute atomic E-state index is 11.1. The molecule has 0 heterocycles. The molecule has 2 atom stereocenters. The molecule has 3 N–H and O–H groups in total. The summed E-state index contributed by atoms with van der Waals surface area (Å²) >= 11 is 0. The molecule has 1 rings (SSSR count). The van der Waals surface area contributed by atoms with Gasteiger partial charge in [0, 0.05) is 0 Å². The molecule has 0 aromatic heterocycles. The van der Waals surface area contributed by atoms with Crippen LogP contribution in [0.25, 0.3) is 0 Å². The lowest BCUT2D eigenvalue weighted by molar-refractivity contribution is 0.171. The second-order valence-electron chi connectivity index (χ2n) is 3.78. The molecule has 17 heavy (non-hydrogen) atoms. The van der Waals surface area contributed by atoms with E-state index in [9.17, 15) is 9.13 Å². The number of allylic oxidation sites excluding steroid dienone is 2. The second kappa shape index (κ2) is 6.25. The lowest BCUT2D eigenvalue weighted by atomic mass is 9.94. The molecule has 0 saturated carbocycles. The first-order chi connectivity index (χ1) is 7.79. The van der Waals surface area contributed by atoms with Crippen molar-refractivity contribution in [2.24, 2.45) is 5.92 Å². The summed E-state index contributed by atoms with van der Waals surface area (Å²) in [4.78, 5) is 25.7. The van der Waals surface area contributed by atoms with Gasteiger partial charge >= 0.3 is 15.6 Å². The van der Waals surface area contributed by atoms with E-state index in [1.165, 1.54) is 0 Å². The molecule has 1 aliphatic rings. The summed E-state index contributed by atoms with van der Waals surface area (Å²) in [7, 11) is -9.68. The highest BCUT2D eigenvalue weighted by Crippen LogP contribution is 2.57. The van der Waals surface area contributed by atoms with Gasteiger partial charge in [-0.2, -0.15) is 4.31 Å². The molecule has 0 aromatic rings. The van der Waals surface area contributed by atoms with Gasteiger partial charge in [0.2, 0.25) is 0 Å². The molecule has 7 nitrogen and oxygen atoms in total. The Morgan fingerprint density at radius 2 is 2.00 bits per heavy atom. The quantitative estimate of drug-likeness (QED) is 0.505. The van der Waals surface area contributed by atoms with Crippen LogP contribution in [0.4, 0.5) is 0 Å². The summed E-state index contributed by atoms with van der Waals surface area (Å²) in [5.41, 5.74) is 0. The zero-order chi connectivity index (χ0) is 12.9. The minimum Gasteiger partial charge on any atom is -0.302 e. The highest BCUT2D eigenvalue weighted by Gasteiger charge is 2.32. The predicted molar refractivity (Wildman–Crippen MR) is 60.0 cm³/mol. The Labute approximate surface area is 99.3 Å². The average molecular weight is 286 g/mol. The Morgan fingerprint density at radius 1 is 1.29 bits per heavy atom. The number of hydrogen-bond donors (Lipinski definition) is 3. The largest absolute Gasteiger partial charge is 0.481 e. The minimum absolute atomic E-state index is 0.0806. The van der Waals surface area contributed by atoms with Gasteiger partial charge in [0.15, 0.2) is 0 Å². The van der Waals surface area contributed by atoms with Crippen LogP contribution >= 0.6 is 15.6 Å². The van der Waals surface area contributed by atoms with E-state index in [4.69, 9.17) is 14.7 Å². The van der Waals surface area contributed by atoms with E-state index >= 15 is 0 Å². The van der Waals surface area contributed by atoms with E-state index in [0.717, 1.165) is 19.3 Å². The third kappa shape index (κ3) is 7.11. The summed E-state index contributed by atoms with van der Waals surface area (Å²) < 4.78 is 29.6. The Morgan fingerprint density at radius 3 is 2.53 bits per heavy atom. The van der Waals surface area contributed by atoms with Crippen molar-refractivity contribution in [3.05, 3.63) is 12.2 Å². The van der Waals surface area contributed by atoms with Crippen molar-refractivity contribution in [3.63, 3.8) is 0 Å². The van der Waals surface area contributed by atoms with Crippen molar-refractivity contribution < 1.29 is 32.6 Å². The van der Waals surface area contributed by atoms with Crippen molar-refractivity contribution in [2.75, 3.05) is 6.61 Å². The summed E-state index contributed by atoms with van der Waals surface area (Å²) in [6, 6.07) is 0. The molecular weight excluding hydrogens is 270 g/mol. The lowest BCUT2D eigenvalue weighted by Crippen LogP contribution is -2.05. The van der Waals surface area contributed by atoms with Gasteiger partial charge in [-0.15, -0.1) is 0 Å². The molecule has 0 aromatic carbocycles. The zero-order valence-corrected chi connectivity index (χ0v) is 10.9. The predicted octanol–water partition coefficient (Wildman–Crippen LogP) is 1.96. The van der Waals surface area contributed by atoms with Gasteiger partial charge in [0.25, 0.3) is 0 Å². The van der Waals surface area contributed by atoms with Gasteiger partial charge in [-0.3, -0.25) is 4.52 Å². The van der Waals surface area contributed by atoms with Crippen molar-refractivity contribution in [2.45, 2.75) is 25.7 Å². The van der Waals surface area contributed by atoms with Crippen LogP contribution in [0.15, 0.2) is 12.2 Å². The molecule has 9 heteroatoms. The molecule has 2 unspecified atom stereocenters. The van der Waals surface area contributed by atoms with E-state index in [0.29, 0.717) is 6.42 Å². The third-order valence-corrected chi connectivity index (χ3v) is 4.49. The first-order valence-electron chi connectivity index (χ1n) is 5.19. The summed E-state index contributed by atoms with van der Waals surface area (Å²) in [5, 5.41) is 0. The highest BCUT2D eigenvalue weighted by atomic mass is 31.3. The molecule has 0 amide bonds. The lowest BCUT2D eigenvalue weighted by Gasteiger charge is -2.17. The van der Waals surface area contributed by atoms with Gasteiger partial charge in [-0.05, 0) is 31.6 Å². The van der Waals surface area contributed by atoms with Crippen LogP contribution in [0, 0.1) is 5.92 Å². The first kappa shape index (κ1) is 15.1.